The van der Waals surface area contributed by atoms with Crippen molar-refractivity contribution in [2.45, 2.75) is 38.5 Å². The van der Waals surface area contributed by atoms with Crippen LogP contribution in [-0.2, 0) is 4.79 Å². The second-order valence-electron chi connectivity index (χ2n) is 7.85. The summed E-state index contributed by atoms with van der Waals surface area (Å²) in [6.07, 6.45) is 6.30. The van der Waals surface area contributed by atoms with E-state index in [1.54, 1.807) is 0 Å². The molecule has 5 nitrogen and oxygen atoms in total. The van der Waals surface area contributed by atoms with E-state index in [1.807, 2.05) is 34.1 Å². The quantitative estimate of drug-likeness (QED) is 0.815. The number of carbonyl (C=O) groups excluding carboxylic acids is 2. The molecule has 0 bridgehead atoms. The van der Waals surface area contributed by atoms with E-state index < -0.39 is 0 Å². The van der Waals surface area contributed by atoms with E-state index in [0.29, 0.717) is 35.7 Å². The van der Waals surface area contributed by atoms with Crippen molar-refractivity contribution in [1.29, 1.82) is 0 Å². The molecule has 0 atom stereocenters. The molecule has 26 heavy (non-hydrogen) atoms. The maximum atomic E-state index is 12.7. The Morgan fingerprint density at radius 1 is 0.923 bits per heavy atom. The molecule has 0 unspecified atom stereocenters. The Labute approximate surface area is 155 Å². The van der Waals surface area contributed by atoms with Crippen molar-refractivity contribution in [3.05, 3.63) is 29.8 Å². The molecule has 4 rings (SSSR count). The fraction of sp³-hybridized carbons (Fsp3) is 0.619. The molecule has 1 aromatic rings. The van der Waals surface area contributed by atoms with Gasteiger partial charge in [0.1, 0.15) is 5.75 Å². The molecule has 140 valence electrons. The molecule has 0 N–H and O–H groups in total. The number of ether oxygens (including phenoxy) is 1. The highest BCUT2D eigenvalue weighted by molar-refractivity contribution is 5.97. The van der Waals surface area contributed by atoms with E-state index >= 15 is 0 Å². The van der Waals surface area contributed by atoms with Crippen LogP contribution in [0.4, 0.5) is 0 Å². The van der Waals surface area contributed by atoms with E-state index in [2.05, 4.69) is 0 Å². The summed E-state index contributed by atoms with van der Waals surface area (Å²) in [6.45, 7) is 4.01. The lowest BCUT2D eigenvalue weighted by molar-refractivity contribution is -0.134. The predicted molar refractivity (Wildman–Crippen MR) is 99.1 cm³/mol. The third kappa shape index (κ3) is 3.87. The maximum Gasteiger partial charge on any atom is 0.257 e. The highest BCUT2D eigenvalue weighted by Gasteiger charge is 2.35. The Kier molecular flexibility index (Phi) is 5.14. The van der Waals surface area contributed by atoms with Crippen molar-refractivity contribution in [2.24, 2.45) is 11.8 Å². The fourth-order valence-electron chi connectivity index (χ4n) is 3.98. The van der Waals surface area contributed by atoms with Crippen LogP contribution in [0.2, 0.25) is 0 Å². The second kappa shape index (κ2) is 7.68. The van der Waals surface area contributed by atoms with E-state index in [9.17, 15) is 9.59 Å². The van der Waals surface area contributed by atoms with Gasteiger partial charge in [-0.3, -0.25) is 9.59 Å². The van der Waals surface area contributed by atoms with Crippen molar-refractivity contribution < 1.29 is 14.3 Å². The Morgan fingerprint density at radius 3 is 2.31 bits per heavy atom. The zero-order valence-corrected chi connectivity index (χ0v) is 15.4. The van der Waals surface area contributed by atoms with Crippen LogP contribution < -0.4 is 4.74 Å². The van der Waals surface area contributed by atoms with Gasteiger partial charge in [0.15, 0.2) is 0 Å². The zero-order chi connectivity index (χ0) is 17.9. The van der Waals surface area contributed by atoms with E-state index in [0.717, 1.165) is 64.7 Å². The molecule has 2 amide bonds. The normalized spacial score (nSPS) is 21.1. The average molecular weight is 356 g/mol. The third-order valence-corrected chi connectivity index (χ3v) is 5.84. The van der Waals surface area contributed by atoms with Crippen LogP contribution in [0.25, 0.3) is 0 Å². The minimum absolute atomic E-state index is 0.0861. The summed E-state index contributed by atoms with van der Waals surface area (Å²) in [5, 5.41) is 0. The van der Waals surface area contributed by atoms with Crippen LogP contribution in [0, 0.1) is 11.8 Å². The first-order valence-electron chi connectivity index (χ1n) is 10.0. The van der Waals surface area contributed by atoms with Gasteiger partial charge < -0.3 is 14.5 Å². The summed E-state index contributed by atoms with van der Waals surface area (Å²) in [6, 6.07) is 7.59. The summed E-state index contributed by atoms with van der Waals surface area (Å²) in [7, 11) is 0. The first-order chi connectivity index (χ1) is 12.7. The average Bonchev–Trinajstić information content (AvgIpc) is 3.40. The van der Waals surface area contributed by atoms with Gasteiger partial charge in [-0.1, -0.05) is 12.1 Å². The number of hydrogen-bond acceptors (Lipinski definition) is 3. The number of nitrogens with zero attached hydrogens (tertiary/aromatic N) is 2. The summed E-state index contributed by atoms with van der Waals surface area (Å²) in [5.41, 5.74) is 0.677. The lowest BCUT2D eigenvalue weighted by atomic mass is 9.97. The molecule has 0 radical (unpaired) electrons. The summed E-state index contributed by atoms with van der Waals surface area (Å²) < 4.78 is 6.06. The third-order valence-electron chi connectivity index (χ3n) is 5.84. The van der Waals surface area contributed by atoms with Crippen molar-refractivity contribution in [2.75, 3.05) is 32.8 Å². The molecule has 2 saturated heterocycles. The maximum absolute atomic E-state index is 12.7. The minimum atomic E-state index is 0.0861. The van der Waals surface area contributed by atoms with Gasteiger partial charge >= 0.3 is 0 Å². The number of piperidine rings is 1. The first-order valence-corrected chi connectivity index (χ1v) is 10.0. The predicted octanol–water partition coefficient (Wildman–Crippen LogP) is 2.95. The Balaban J connectivity index is 1.31. The minimum Gasteiger partial charge on any atom is -0.492 e. The summed E-state index contributed by atoms with van der Waals surface area (Å²) in [4.78, 5) is 28.8. The van der Waals surface area contributed by atoms with E-state index in [4.69, 9.17) is 4.74 Å². The standard InChI is InChI=1S/C21H28N2O3/c24-20(17-7-8-17)23-13-9-16(10-14-23)15-26-19-6-2-1-5-18(19)21(25)22-11-3-4-12-22/h1-2,5-6,16-17H,3-4,7-15H2. The van der Waals surface area contributed by atoms with Gasteiger partial charge in [-0.25, -0.2) is 0 Å². The molecule has 1 aromatic carbocycles. The smallest absolute Gasteiger partial charge is 0.257 e. The number of para-hydroxylation sites is 1. The van der Waals surface area contributed by atoms with Crippen LogP contribution in [0.3, 0.4) is 0 Å². The SMILES string of the molecule is O=C(c1ccccc1OCC1CCN(C(=O)C2CC2)CC1)N1CCCC1. The Morgan fingerprint density at radius 2 is 1.62 bits per heavy atom. The molecule has 1 aliphatic carbocycles. The van der Waals surface area contributed by atoms with Gasteiger partial charge in [-0.15, -0.1) is 0 Å². The van der Waals surface area contributed by atoms with Crippen molar-refractivity contribution in [3.8, 4) is 5.75 Å². The molecule has 0 spiro atoms. The van der Waals surface area contributed by atoms with Gasteiger partial charge in [0.05, 0.1) is 12.2 Å². The molecule has 5 heteroatoms. The topological polar surface area (TPSA) is 49.9 Å². The van der Waals surface area contributed by atoms with Crippen LogP contribution in [0.5, 0.6) is 5.75 Å². The molecule has 3 aliphatic rings. The van der Waals surface area contributed by atoms with Crippen molar-refractivity contribution >= 4 is 11.8 Å². The number of hydrogen-bond donors (Lipinski definition) is 0. The summed E-state index contributed by atoms with van der Waals surface area (Å²) in [5.74, 6) is 1.90. The van der Waals surface area contributed by atoms with Crippen LogP contribution >= 0.6 is 0 Å². The zero-order valence-electron chi connectivity index (χ0n) is 15.4. The monoisotopic (exact) mass is 356 g/mol. The highest BCUT2D eigenvalue weighted by Crippen LogP contribution is 2.32. The lowest BCUT2D eigenvalue weighted by Crippen LogP contribution is -2.40. The van der Waals surface area contributed by atoms with Gasteiger partial charge in [0.25, 0.3) is 5.91 Å². The lowest BCUT2D eigenvalue weighted by Gasteiger charge is -2.32. The number of benzene rings is 1. The van der Waals surface area contributed by atoms with Gasteiger partial charge in [-0.2, -0.15) is 0 Å². The number of rotatable bonds is 5. The van der Waals surface area contributed by atoms with Crippen LogP contribution in [-0.4, -0.2) is 54.4 Å². The van der Waals surface area contributed by atoms with Crippen LogP contribution in [0.1, 0.15) is 48.9 Å². The van der Waals surface area contributed by atoms with Crippen molar-refractivity contribution in [1.82, 2.24) is 9.80 Å². The molecule has 2 aliphatic heterocycles. The number of amides is 2. The highest BCUT2D eigenvalue weighted by atomic mass is 16.5. The molecule has 1 saturated carbocycles. The molecular weight excluding hydrogens is 328 g/mol. The molecule has 0 aromatic heterocycles. The molecule has 2 heterocycles. The van der Waals surface area contributed by atoms with Gasteiger partial charge in [-0.05, 0) is 56.6 Å². The van der Waals surface area contributed by atoms with Crippen LogP contribution in [0.15, 0.2) is 24.3 Å². The Bertz CT molecular complexity index is 657. The van der Waals surface area contributed by atoms with Crippen molar-refractivity contribution in [3.63, 3.8) is 0 Å². The van der Waals surface area contributed by atoms with E-state index in [1.165, 1.54) is 0 Å². The molecule has 3 fully saturated rings. The number of carbonyl (C=O) groups is 2. The largest absolute Gasteiger partial charge is 0.492 e. The first kappa shape index (κ1) is 17.4. The fourth-order valence-corrected chi connectivity index (χ4v) is 3.98. The molecular formula is C21H28N2O3. The van der Waals surface area contributed by atoms with Gasteiger partial charge in [0.2, 0.25) is 5.91 Å². The van der Waals surface area contributed by atoms with Gasteiger partial charge in [0, 0.05) is 32.1 Å². The Hall–Kier alpha value is -2.04. The van der Waals surface area contributed by atoms with E-state index in [-0.39, 0.29) is 5.91 Å². The summed E-state index contributed by atoms with van der Waals surface area (Å²) >= 11 is 0. The second-order valence-corrected chi connectivity index (χ2v) is 7.85. The number of likely N-dealkylation sites (tertiary alicyclic amines) is 2.